The quantitative estimate of drug-likeness (QED) is 0.819. The lowest BCUT2D eigenvalue weighted by Crippen LogP contribution is -2.51. The van der Waals surface area contributed by atoms with Crippen LogP contribution in [0.5, 0.6) is 0 Å². The van der Waals surface area contributed by atoms with Crippen molar-refractivity contribution in [2.75, 3.05) is 19.6 Å². The Morgan fingerprint density at radius 2 is 2.04 bits per heavy atom. The van der Waals surface area contributed by atoms with Gasteiger partial charge in [0.15, 0.2) is 0 Å². The number of rotatable bonds is 2. The largest absolute Gasteiger partial charge is 0.391 e. The van der Waals surface area contributed by atoms with Gasteiger partial charge >= 0.3 is 6.18 Å². The highest BCUT2D eigenvalue weighted by atomic mass is 19.4. The number of nitrogens with one attached hydrogen (secondary N) is 1. The van der Waals surface area contributed by atoms with Gasteiger partial charge in [-0.15, -0.1) is 0 Å². The first kappa shape index (κ1) is 18.2. The zero-order valence-corrected chi connectivity index (χ0v) is 13.9. The van der Waals surface area contributed by atoms with Crippen LogP contribution < -0.4 is 5.32 Å². The molecule has 0 radical (unpaired) electrons. The summed E-state index contributed by atoms with van der Waals surface area (Å²) in [5.41, 5.74) is 0.670. The molecule has 0 aromatic heterocycles. The highest BCUT2D eigenvalue weighted by Crippen LogP contribution is 2.41. The molecule has 7 heteroatoms. The van der Waals surface area contributed by atoms with Gasteiger partial charge in [-0.05, 0) is 37.0 Å². The van der Waals surface area contributed by atoms with E-state index in [2.05, 4.69) is 5.32 Å². The maximum Gasteiger partial charge on any atom is 0.391 e. The zero-order valence-electron chi connectivity index (χ0n) is 13.9. The maximum absolute atomic E-state index is 13.5. The molecule has 1 aromatic rings. The van der Waals surface area contributed by atoms with Gasteiger partial charge in [0.05, 0.1) is 12.0 Å². The van der Waals surface area contributed by atoms with Gasteiger partial charge in [-0.25, -0.2) is 4.39 Å². The van der Waals surface area contributed by atoms with Crippen molar-refractivity contribution in [2.24, 2.45) is 11.8 Å². The second-order valence-corrected chi connectivity index (χ2v) is 6.91. The Kier molecular flexibility index (Phi) is 5.32. The Morgan fingerprint density at radius 3 is 2.76 bits per heavy atom. The van der Waals surface area contributed by atoms with E-state index < -0.39 is 18.0 Å². The molecule has 1 N–H and O–H groups in total. The number of amides is 1. The van der Waals surface area contributed by atoms with Crippen LogP contribution in [0.2, 0.25) is 0 Å². The third-order valence-corrected chi connectivity index (χ3v) is 5.25. The summed E-state index contributed by atoms with van der Waals surface area (Å²) in [4.78, 5) is 14.6. The zero-order chi connectivity index (χ0) is 18.0. The van der Waals surface area contributed by atoms with E-state index in [-0.39, 0.29) is 30.6 Å². The van der Waals surface area contributed by atoms with Crippen LogP contribution in [-0.2, 0) is 4.79 Å². The number of halogens is 4. The number of benzene rings is 1. The number of hydrogen-bond acceptors (Lipinski definition) is 2. The van der Waals surface area contributed by atoms with E-state index in [9.17, 15) is 22.4 Å². The maximum atomic E-state index is 13.5. The summed E-state index contributed by atoms with van der Waals surface area (Å²) in [6, 6.07) is 5.71. The summed E-state index contributed by atoms with van der Waals surface area (Å²) in [6.45, 7) is 1.49. The van der Waals surface area contributed by atoms with Crippen LogP contribution in [0.15, 0.2) is 24.3 Å². The lowest BCUT2D eigenvalue weighted by atomic mass is 9.80. The van der Waals surface area contributed by atoms with Crippen molar-refractivity contribution >= 4 is 5.91 Å². The van der Waals surface area contributed by atoms with Crippen LogP contribution in [0, 0.1) is 17.7 Å². The SMILES string of the molecule is O=C(C1CCCC(C(F)(F)F)C1)N1CCNCC1c1cccc(F)c1. The Bertz CT molecular complexity index is 619. The number of nitrogens with zero attached hydrogens (tertiary/aromatic N) is 1. The van der Waals surface area contributed by atoms with Crippen LogP contribution >= 0.6 is 0 Å². The topological polar surface area (TPSA) is 32.3 Å². The molecule has 25 heavy (non-hydrogen) atoms. The Balaban J connectivity index is 1.77. The molecular formula is C18H22F4N2O. The molecule has 0 bridgehead atoms. The van der Waals surface area contributed by atoms with E-state index in [1.54, 1.807) is 17.0 Å². The molecule has 0 spiro atoms. The fraction of sp³-hybridized carbons (Fsp3) is 0.611. The van der Waals surface area contributed by atoms with Crippen molar-refractivity contribution in [1.82, 2.24) is 10.2 Å². The molecule has 1 saturated carbocycles. The van der Waals surface area contributed by atoms with Crippen LogP contribution in [0.3, 0.4) is 0 Å². The molecular weight excluding hydrogens is 336 g/mol. The Morgan fingerprint density at radius 1 is 1.24 bits per heavy atom. The first-order chi connectivity index (χ1) is 11.9. The molecule has 1 amide bonds. The summed E-state index contributed by atoms with van der Waals surface area (Å²) in [7, 11) is 0. The van der Waals surface area contributed by atoms with Gasteiger partial charge in [-0.1, -0.05) is 18.6 Å². The van der Waals surface area contributed by atoms with Crippen molar-refractivity contribution < 1.29 is 22.4 Å². The molecule has 1 aromatic carbocycles. The minimum atomic E-state index is -4.25. The van der Waals surface area contributed by atoms with E-state index >= 15 is 0 Å². The number of carbonyl (C=O) groups excluding carboxylic acids is 1. The molecule has 1 heterocycles. The Labute approximate surface area is 144 Å². The summed E-state index contributed by atoms with van der Waals surface area (Å²) < 4.78 is 52.6. The Hall–Kier alpha value is -1.63. The molecule has 1 saturated heterocycles. The molecule has 3 rings (SSSR count). The minimum Gasteiger partial charge on any atom is -0.333 e. The highest BCUT2D eigenvalue weighted by Gasteiger charge is 2.45. The predicted molar refractivity (Wildman–Crippen MR) is 85.2 cm³/mol. The van der Waals surface area contributed by atoms with Gasteiger partial charge in [0.2, 0.25) is 5.91 Å². The first-order valence-corrected chi connectivity index (χ1v) is 8.69. The molecule has 3 atom stereocenters. The van der Waals surface area contributed by atoms with E-state index in [4.69, 9.17) is 0 Å². The highest BCUT2D eigenvalue weighted by molar-refractivity contribution is 5.79. The monoisotopic (exact) mass is 358 g/mol. The summed E-state index contributed by atoms with van der Waals surface area (Å²) in [5, 5.41) is 3.18. The number of piperazine rings is 1. The minimum absolute atomic E-state index is 0.0994. The fourth-order valence-corrected chi connectivity index (χ4v) is 3.93. The smallest absolute Gasteiger partial charge is 0.333 e. The van der Waals surface area contributed by atoms with Gasteiger partial charge in [0.25, 0.3) is 0 Å². The first-order valence-electron chi connectivity index (χ1n) is 8.69. The summed E-state index contributed by atoms with van der Waals surface area (Å²) in [6.07, 6.45) is -3.38. The van der Waals surface area contributed by atoms with E-state index in [0.717, 1.165) is 0 Å². The van der Waals surface area contributed by atoms with Gasteiger partial charge in [0.1, 0.15) is 5.82 Å². The second-order valence-electron chi connectivity index (χ2n) is 6.91. The lowest BCUT2D eigenvalue weighted by Gasteiger charge is -2.40. The van der Waals surface area contributed by atoms with Crippen LogP contribution in [0.25, 0.3) is 0 Å². The fourth-order valence-electron chi connectivity index (χ4n) is 3.93. The number of carbonyl (C=O) groups is 1. The van der Waals surface area contributed by atoms with Crippen molar-refractivity contribution in [1.29, 1.82) is 0 Å². The lowest BCUT2D eigenvalue weighted by molar-refractivity contribution is -0.187. The summed E-state index contributed by atoms with van der Waals surface area (Å²) in [5.74, 6) is -2.62. The van der Waals surface area contributed by atoms with E-state index in [0.29, 0.717) is 38.0 Å². The second kappa shape index (κ2) is 7.32. The van der Waals surface area contributed by atoms with Crippen LogP contribution in [-0.4, -0.2) is 36.6 Å². The molecule has 1 aliphatic heterocycles. The van der Waals surface area contributed by atoms with Gasteiger partial charge in [0, 0.05) is 25.6 Å². The van der Waals surface area contributed by atoms with Crippen molar-refractivity contribution in [3.63, 3.8) is 0 Å². The van der Waals surface area contributed by atoms with Crippen molar-refractivity contribution in [2.45, 2.75) is 37.9 Å². The van der Waals surface area contributed by atoms with Crippen LogP contribution in [0.1, 0.15) is 37.3 Å². The average Bonchev–Trinajstić information content (AvgIpc) is 2.60. The van der Waals surface area contributed by atoms with Crippen molar-refractivity contribution in [3.8, 4) is 0 Å². The van der Waals surface area contributed by atoms with Gasteiger partial charge in [-0.3, -0.25) is 4.79 Å². The van der Waals surface area contributed by atoms with Gasteiger partial charge < -0.3 is 10.2 Å². The standard InChI is InChI=1S/C18H22F4N2O/c19-15-6-2-3-12(10-15)16-11-23-7-8-24(16)17(25)13-4-1-5-14(9-13)18(20,21)22/h2-3,6,10,13-14,16,23H,1,4-5,7-9,11H2. The molecule has 3 unspecified atom stereocenters. The van der Waals surface area contributed by atoms with E-state index in [1.807, 2.05) is 0 Å². The van der Waals surface area contributed by atoms with Gasteiger partial charge in [-0.2, -0.15) is 13.2 Å². The molecule has 138 valence electrons. The van der Waals surface area contributed by atoms with E-state index in [1.165, 1.54) is 12.1 Å². The third-order valence-electron chi connectivity index (χ3n) is 5.25. The summed E-state index contributed by atoms with van der Waals surface area (Å²) >= 11 is 0. The van der Waals surface area contributed by atoms with Crippen molar-refractivity contribution in [3.05, 3.63) is 35.6 Å². The molecule has 1 aliphatic carbocycles. The molecule has 2 aliphatic rings. The molecule has 3 nitrogen and oxygen atoms in total. The third kappa shape index (κ3) is 4.14. The number of alkyl halides is 3. The number of hydrogen-bond donors (Lipinski definition) is 1. The average molecular weight is 358 g/mol. The molecule has 2 fully saturated rings. The normalized spacial score (nSPS) is 28.0. The van der Waals surface area contributed by atoms with Crippen LogP contribution in [0.4, 0.5) is 17.6 Å². The predicted octanol–water partition coefficient (Wildman–Crippen LogP) is 3.67.